The summed E-state index contributed by atoms with van der Waals surface area (Å²) in [5.41, 5.74) is 0.316. The molecule has 0 bridgehead atoms. The molecule has 0 spiro atoms. The largest absolute Gasteiger partial charge is 0.505 e. The van der Waals surface area contributed by atoms with E-state index < -0.39 is 5.97 Å². The quantitative estimate of drug-likeness (QED) is 0.690. The minimum atomic E-state index is -1.21. The van der Waals surface area contributed by atoms with Crippen molar-refractivity contribution in [2.24, 2.45) is 0 Å². The number of hydrogen-bond donors (Lipinski definition) is 2. The van der Waals surface area contributed by atoms with E-state index in [-0.39, 0.29) is 11.4 Å². The van der Waals surface area contributed by atoms with E-state index in [1.165, 1.54) is 6.20 Å². The Balaban J connectivity index is 3.23. The summed E-state index contributed by atoms with van der Waals surface area (Å²) in [6.07, 6.45) is 1.97. The van der Waals surface area contributed by atoms with Crippen LogP contribution in [0.15, 0.2) is 12.3 Å². The van der Waals surface area contributed by atoms with E-state index in [1.807, 2.05) is 6.92 Å². The Morgan fingerprint density at radius 2 is 2.33 bits per heavy atom. The molecule has 0 amide bonds. The summed E-state index contributed by atoms with van der Waals surface area (Å²) < 4.78 is 0. The summed E-state index contributed by atoms with van der Waals surface area (Å²) >= 11 is 0. The molecule has 64 valence electrons. The van der Waals surface area contributed by atoms with Crippen molar-refractivity contribution >= 4 is 5.97 Å². The number of nitrogens with zero attached hydrogens (tertiary/aromatic N) is 1. The Labute approximate surface area is 69.5 Å². The molecule has 1 aromatic rings. The van der Waals surface area contributed by atoms with Crippen molar-refractivity contribution in [3.05, 3.63) is 23.5 Å². The van der Waals surface area contributed by atoms with Crippen LogP contribution >= 0.6 is 0 Å². The normalized spacial score (nSPS) is 9.75. The van der Waals surface area contributed by atoms with Crippen LogP contribution < -0.4 is 0 Å². The number of aryl methyl sites for hydroxylation is 1. The van der Waals surface area contributed by atoms with Gasteiger partial charge in [0.05, 0.1) is 0 Å². The number of aromatic carboxylic acids is 1. The molecule has 4 nitrogen and oxygen atoms in total. The van der Waals surface area contributed by atoms with Crippen LogP contribution in [-0.2, 0) is 6.42 Å². The highest BCUT2D eigenvalue weighted by Gasteiger charge is 2.12. The van der Waals surface area contributed by atoms with Crippen molar-refractivity contribution in [1.82, 2.24) is 4.98 Å². The van der Waals surface area contributed by atoms with Gasteiger partial charge in [0, 0.05) is 6.20 Å². The topological polar surface area (TPSA) is 70.4 Å². The molecule has 0 aliphatic heterocycles. The molecule has 2 N–H and O–H groups in total. The zero-order chi connectivity index (χ0) is 9.14. The summed E-state index contributed by atoms with van der Waals surface area (Å²) in [5, 5.41) is 17.9. The van der Waals surface area contributed by atoms with Crippen molar-refractivity contribution < 1.29 is 15.0 Å². The van der Waals surface area contributed by atoms with Crippen molar-refractivity contribution in [1.29, 1.82) is 0 Å². The number of carbonyl (C=O) groups is 1. The summed E-state index contributed by atoms with van der Waals surface area (Å²) in [4.78, 5) is 14.0. The highest BCUT2D eigenvalue weighted by atomic mass is 16.4. The molecule has 0 fully saturated rings. The number of carboxylic acids is 1. The van der Waals surface area contributed by atoms with Gasteiger partial charge in [0.1, 0.15) is 0 Å². The van der Waals surface area contributed by atoms with Crippen molar-refractivity contribution in [2.75, 3.05) is 0 Å². The third-order valence-electron chi connectivity index (χ3n) is 1.59. The average Bonchev–Trinajstić information content (AvgIpc) is 2.04. The summed E-state index contributed by atoms with van der Waals surface area (Å²) in [6, 6.07) is 1.60. The van der Waals surface area contributed by atoms with E-state index >= 15 is 0 Å². The van der Waals surface area contributed by atoms with Crippen LogP contribution in [0.25, 0.3) is 0 Å². The summed E-state index contributed by atoms with van der Waals surface area (Å²) in [7, 11) is 0. The fourth-order valence-electron chi connectivity index (χ4n) is 0.936. The van der Waals surface area contributed by atoms with Crippen LogP contribution in [0.1, 0.15) is 23.0 Å². The third-order valence-corrected chi connectivity index (χ3v) is 1.59. The molecule has 1 aromatic heterocycles. The van der Waals surface area contributed by atoms with Gasteiger partial charge in [0.2, 0.25) is 0 Å². The Bertz CT molecular complexity index is 309. The van der Waals surface area contributed by atoms with Gasteiger partial charge in [-0.2, -0.15) is 0 Å². The average molecular weight is 167 g/mol. The fraction of sp³-hybridized carbons (Fsp3) is 0.250. The predicted molar refractivity (Wildman–Crippen MR) is 42.2 cm³/mol. The predicted octanol–water partition coefficient (Wildman–Crippen LogP) is 1.05. The molecule has 4 heteroatoms. The molecular weight excluding hydrogens is 158 g/mol. The molecule has 0 saturated carbocycles. The molecule has 0 atom stereocenters. The second-order valence-corrected chi connectivity index (χ2v) is 2.33. The highest BCUT2D eigenvalue weighted by molar-refractivity contribution is 5.88. The zero-order valence-electron chi connectivity index (χ0n) is 6.61. The minimum absolute atomic E-state index is 0.229. The summed E-state index contributed by atoms with van der Waals surface area (Å²) in [5.74, 6) is -1.43. The van der Waals surface area contributed by atoms with E-state index in [0.29, 0.717) is 12.0 Å². The van der Waals surface area contributed by atoms with Gasteiger partial charge in [-0.3, -0.25) is 0 Å². The van der Waals surface area contributed by atoms with Gasteiger partial charge in [-0.25, -0.2) is 9.78 Å². The van der Waals surface area contributed by atoms with Crippen molar-refractivity contribution in [3.8, 4) is 5.75 Å². The number of hydrogen-bond acceptors (Lipinski definition) is 3. The molecule has 12 heavy (non-hydrogen) atoms. The maximum atomic E-state index is 10.5. The van der Waals surface area contributed by atoms with Gasteiger partial charge in [0.25, 0.3) is 0 Å². The van der Waals surface area contributed by atoms with Crippen LogP contribution in [0.3, 0.4) is 0 Å². The van der Waals surface area contributed by atoms with Crippen LogP contribution in [-0.4, -0.2) is 21.2 Å². The molecule has 0 unspecified atom stereocenters. The van der Waals surface area contributed by atoms with Crippen LogP contribution in [0, 0.1) is 0 Å². The summed E-state index contributed by atoms with van der Waals surface area (Å²) in [6.45, 7) is 1.83. The van der Waals surface area contributed by atoms with Gasteiger partial charge in [-0.15, -0.1) is 0 Å². The van der Waals surface area contributed by atoms with E-state index in [9.17, 15) is 9.90 Å². The molecular formula is C8H9NO3. The lowest BCUT2D eigenvalue weighted by molar-refractivity contribution is 0.0687. The Hall–Kier alpha value is -1.58. The maximum absolute atomic E-state index is 10.5. The number of aromatic nitrogens is 1. The number of aromatic hydroxyl groups is 1. The lowest BCUT2D eigenvalue weighted by atomic mass is 10.1. The molecule has 1 heterocycles. The number of rotatable bonds is 2. The van der Waals surface area contributed by atoms with Crippen molar-refractivity contribution in [2.45, 2.75) is 13.3 Å². The van der Waals surface area contributed by atoms with Crippen LogP contribution in [0.4, 0.5) is 0 Å². The monoisotopic (exact) mass is 167 g/mol. The fourth-order valence-corrected chi connectivity index (χ4v) is 0.936. The standard InChI is InChI=1S/C8H9NO3/c1-2-5-3-4-9-6(7(5)10)8(11)12/h3-4,10H,2H2,1H3,(H,11,12). The highest BCUT2D eigenvalue weighted by Crippen LogP contribution is 2.20. The Morgan fingerprint density at radius 3 is 2.83 bits per heavy atom. The smallest absolute Gasteiger partial charge is 0.358 e. The maximum Gasteiger partial charge on any atom is 0.358 e. The molecule has 0 aliphatic rings. The Kier molecular flexibility index (Phi) is 2.28. The first kappa shape index (κ1) is 8.52. The van der Waals surface area contributed by atoms with Gasteiger partial charge in [0.15, 0.2) is 11.4 Å². The van der Waals surface area contributed by atoms with Crippen LogP contribution in [0.5, 0.6) is 5.75 Å². The van der Waals surface area contributed by atoms with Gasteiger partial charge < -0.3 is 10.2 Å². The van der Waals surface area contributed by atoms with E-state index in [4.69, 9.17) is 5.11 Å². The number of carboxylic acid groups (broad SMARTS) is 1. The van der Waals surface area contributed by atoms with E-state index in [2.05, 4.69) is 4.98 Å². The first-order valence-corrected chi connectivity index (χ1v) is 3.57. The lowest BCUT2D eigenvalue weighted by Crippen LogP contribution is -2.01. The van der Waals surface area contributed by atoms with Gasteiger partial charge >= 0.3 is 5.97 Å². The van der Waals surface area contributed by atoms with E-state index in [1.54, 1.807) is 6.07 Å². The van der Waals surface area contributed by atoms with Gasteiger partial charge in [-0.05, 0) is 18.1 Å². The van der Waals surface area contributed by atoms with E-state index in [0.717, 1.165) is 0 Å². The SMILES string of the molecule is CCc1ccnc(C(=O)O)c1O. The Morgan fingerprint density at radius 1 is 1.67 bits per heavy atom. The molecule has 0 aromatic carbocycles. The molecule has 0 saturated heterocycles. The van der Waals surface area contributed by atoms with Crippen LogP contribution in [0.2, 0.25) is 0 Å². The lowest BCUT2D eigenvalue weighted by Gasteiger charge is -2.02. The first-order chi connectivity index (χ1) is 5.66. The molecule has 1 rings (SSSR count). The van der Waals surface area contributed by atoms with Gasteiger partial charge in [-0.1, -0.05) is 6.92 Å². The molecule has 0 aliphatic carbocycles. The minimum Gasteiger partial charge on any atom is -0.505 e. The second-order valence-electron chi connectivity index (χ2n) is 2.33. The van der Waals surface area contributed by atoms with Crippen molar-refractivity contribution in [3.63, 3.8) is 0 Å². The molecule has 0 radical (unpaired) electrons. The zero-order valence-corrected chi connectivity index (χ0v) is 6.61. The second kappa shape index (κ2) is 3.21. The third kappa shape index (κ3) is 1.37. The number of pyridine rings is 1. The first-order valence-electron chi connectivity index (χ1n) is 3.57.